The zero-order valence-corrected chi connectivity index (χ0v) is 20.6. The number of hydrogen-bond acceptors (Lipinski definition) is 5. The number of ether oxygens (including phenoxy) is 2. The Hall–Kier alpha value is -4.13. The van der Waals surface area contributed by atoms with Crippen LogP contribution in [0.4, 0.5) is 4.39 Å². The van der Waals surface area contributed by atoms with Gasteiger partial charge in [0.05, 0.1) is 30.7 Å². The number of benzene rings is 3. The van der Waals surface area contributed by atoms with Gasteiger partial charge in [0.1, 0.15) is 11.4 Å². The van der Waals surface area contributed by atoms with Crippen LogP contribution >= 0.6 is 0 Å². The summed E-state index contributed by atoms with van der Waals surface area (Å²) in [5.74, 6) is 0.320. The van der Waals surface area contributed by atoms with Gasteiger partial charge in [-0.1, -0.05) is 18.2 Å². The minimum absolute atomic E-state index is 0.0238. The maximum Gasteiger partial charge on any atom is 0.291 e. The average molecular weight is 488 g/mol. The summed E-state index contributed by atoms with van der Waals surface area (Å²) < 4.78 is 30.8. The fraction of sp³-hybridized carbons (Fsp3) is 0.241. The molecule has 4 aromatic rings. The first-order valence-corrected chi connectivity index (χ1v) is 11.8. The van der Waals surface area contributed by atoms with Gasteiger partial charge in [-0.2, -0.15) is 0 Å². The molecule has 0 aliphatic carbocycles. The zero-order chi connectivity index (χ0) is 25.6. The van der Waals surface area contributed by atoms with E-state index in [0.29, 0.717) is 34.6 Å². The first-order chi connectivity index (χ1) is 17.3. The predicted octanol–water partition coefficient (Wildman–Crippen LogP) is 5.70. The van der Waals surface area contributed by atoms with E-state index in [4.69, 9.17) is 13.9 Å². The van der Waals surface area contributed by atoms with Crippen molar-refractivity contribution in [3.05, 3.63) is 104 Å². The van der Waals surface area contributed by atoms with Crippen LogP contribution in [-0.2, 0) is 6.54 Å². The normalized spacial score (nSPS) is 14.9. The third-order valence-corrected chi connectivity index (χ3v) is 6.65. The summed E-state index contributed by atoms with van der Waals surface area (Å²) in [4.78, 5) is 29.1. The Kier molecular flexibility index (Phi) is 6.00. The van der Waals surface area contributed by atoms with Crippen LogP contribution in [0, 0.1) is 19.7 Å². The summed E-state index contributed by atoms with van der Waals surface area (Å²) in [6.45, 7) is 6.37. The van der Waals surface area contributed by atoms with Gasteiger partial charge in [0.25, 0.3) is 5.91 Å². The van der Waals surface area contributed by atoms with Crippen molar-refractivity contribution in [2.24, 2.45) is 0 Å². The van der Waals surface area contributed by atoms with Crippen LogP contribution in [0.2, 0.25) is 0 Å². The monoisotopic (exact) mass is 487 g/mol. The summed E-state index contributed by atoms with van der Waals surface area (Å²) in [6.07, 6.45) is 0. The molecule has 0 bridgehead atoms. The minimum atomic E-state index is -0.718. The molecule has 6 nitrogen and oxygen atoms in total. The highest BCUT2D eigenvalue weighted by Gasteiger charge is 2.43. The molecule has 0 N–H and O–H groups in total. The van der Waals surface area contributed by atoms with Crippen LogP contribution in [0.15, 0.2) is 63.8 Å². The van der Waals surface area contributed by atoms with E-state index in [1.54, 1.807) is 48.4 Å². The number of carbonyl (C=O) groups is 1. The minimum Gasteiger partial charge on any atom is -0.493 e. The number of aryl methyl sites for hydroxylation is 2. The van der Waals surface area contributed by atoms with Crippen LogP contribution in [0.5, 0.6) is 11.5 Å². The quantitative estimate of drug-likeness (QED) is 0.349. The Morgan fingerprint density at radius 1 is 0.972 bits per heavy atom. The molecule has 0 radical (unpaired) electrons. The highest BCUT2D eigenvalue weighted by molar-refractivity contribution is 5.99. The predicted molar refractivity (Wildman–Crippen MR) is 134 cm³/mol. The molecule has 7 heteroatoms. The SMILES string of the molecule is CCOc1ccc(C2c3c(oc4cc(C)c(C)cc4c3=O)C(=O)N2Cc2ccc(F)cc2)cc1OC. The molecule has 184 valence electrons. The molecule has 1 aromatic heterocycles. The van der Waals surface area contributed by atoms with Crippen LogP contribution < -0.4 is 14.9 Å². The number of methoxy groups -OCH3 is 1. The third-order valence-electron chi connectivity index (χ3n) is 6.65. The highest BCUT2D eigenvalue weighted by atomic mass is 19.1. The van der Waals surface area contributed by atoms with Gasteiger partial charge in [-0.3, -0.25) is 9.59 Å². The van der Waals surface area contributed by atoms with Gasteiger partial charge in [0.2, 0.25) is 5.76 Å². The third kappa shape index (κ3) is 3.90. The Morgan fingerprint density at radius 3 is 2.39 bits per heavy atom. The number of fused-ring (bicyclic) bond motifs is 2. The summed E-state index contributed by atoms with van der Waals surface area (Å²) in [7, 11) is 1.54. The number of hydrogen-bond donors (Lipinski definition) is 0. The molecule has 36 heavy (non-hydrogen) atoms. The van der Waals surface area contributed by atoms with E-state index in [9.17, 15) is 14.0 Å². The van der Waals surface area contributed by atoms with Gasteiger partial charge >= 0.3 is 0 Å². The van der Waals surface area contributed by atoms with Crippen molar-refractivity contribution in [3.8, 4) is 11.5 Å². The molecule has 1 aliphatic rings. The first-order valence-electron chi connectivity index (χ1n) is 11.8. The van der Waals surface area contributed by atoms with E-state index in [1.165, 1.54) is 12.1 Å². The van der Waals surface area contributed by atoms with E-state index in [1.807, 2.05) is 26.8 Å². The number of carbonyl (C=O) groups excluding carboxylic acids is 1. The second kappa shape index (κ2) is 9.15. The van der Waals surface area contributed by atoms with Gasteiger partial charge in [-0.15, -0.1) is 0 Å². The van der Waals surface area contributed by atoms with Crippen molar-refractivity contribution >= 4 is 16.9 Å². The molecular weight excluding hydrogens is 461 g/mol. The standard InChI is InChI=1S/C29H26FNO5/c1-5-35-22-11-8-19(14-24(22)34-4)26-25-27(32)21-12-16(2)17(3)13-23(21)36-28(25)29(33)31(26)15-18-6-9-20(30)10-7-18/h6-14,26H,5,15H2,1-4H3. The molecule has 1 aliphatic heterocycles. The Balaban J connectivity index is 1.72. The van der Waals surface area contributed by atoms with Crippen molar-refractivity contribution in [3.63, 3.8) is 0 Å². The van der Waals surface area contributed by atoms with Gasteiger partial charge in [0.15, 0.2) is 16.9 Å². The van der Waals surface area contributed by atoms with E-state index >= 15 is 0 Å². The van der Waals surface area contributed by atoms with Crippen molar-refractivity contribution in [2.75, 3.05) is 13.7 Å². The van der Waals surface area contributed by atoms with Crippen molar-refractivity contribution in [1.82, 2.24) is 4.90 Å². The lowest BCUT2D eigenvalue weighted by atomic mass is 9.97. The zero-order valence-electron chi connectivity index (χ0n) is 20.6. The van der Waals surface area contributed by atoms with E-state index < -0.39 is 11.9 Å². The number of amides is 1. The largest absolute Gasteiger partial charge is 0.493 e. The fourth-order valence-electron chi connectivity index (χ4n) is 4.70. The molecule has 1 amide bonds. The second-order valence-corrected chi connectivity index (χ2v) is 8.91. The van der Waals surface area contributed by atoms with E-state index in [2.05, 4.69) is 0 Å². The summed E-state index contributed by atoms with van der Waals surface area (Å²) in [5.41, 5.74) is 3.74. The molecular formula is C29H26FNO5. The van der Waals surface area contributed by atoms with Gasteiger partial charge < -0.3 is 18.8 Å². The Morgan fingerprint density at radius 2 is 1.69 bits per heavy atom. The Labute approximate surface area is 207 Å². The van der Waals surface area contributed by atoms with Crippen molar-refractivity contribution in [1.29, 1.82) is 0 Å². The molecule has 0 fully saturated rings. The van der Waals surface area contributed by atoms with E-state index in [-0.39, 0.29) is 29.1 Å². The maximum absolute atomic E-state index is 13.8. The molecule has 1 unspecified atom stereocenters. The fourth-order valence-corrected chi connectivity index (χ4v) is 4.70. The van der Waals surface area contributed by atoms with E-state index in [0.717, 1.165) is 16.7 Å². The highest BCUT2D eigenvalue weighted by Crippen LogP contribution is 2.42. The van der Waals surface area contributed by atoms with Crippen molar-refractivity contribution in [2.45, 2.75) is 33.4 Å². The van der Waals surface area contributed by atoms with Crippen LogP contribution in [0.3, 0.4) is 0 Å². The first kappa shape index (κ1) is 23.6. The topological polar surface area (TPSA) is 69.0 Å². The average Bonchev–Trinajstić information content (AvgIpc) is 3.14. The molecule has 0 saturated heterocycles. The second-order valence-electron chi connectivity index (χ2n) is 8.91. The van der Waals surface area contributed by atoms with Crippen LogP contribution in [0.25, 0.3) is 11.0 Å². The lowest BCUT2D eigenvalue weighted by Crippen LogP contribution is -2.29. The number of halogens is 1. The Bertz CT molecular complexity index is 1540. The number of rotatable bonds is 6. The lowest BCUT2D eigenvalue weighted by Gasteiger charge is -2.26. The smallest absolute Gasteiger partial charge is 0.291 e. The summed E-state index contributed by atoms with van der Waals surface area (Å²) >= 11 is 0. The van der Waals surface area contributed by atoms with Crippen LogP contribution in [0.1, 0.15) is 51.3 Å². The van der Waals surface area contributed by atoms with Gasteiger partial charge in [0, 0.05) is 6.54 Å². The number of nitrogens with zero attached hydrogens (tertiary/aromatic N) is 1. The van der Waals surface area contributed by atoms with Crippen molar-refractivity contribution < 1.29 is 23.1 Å². The summed E-state index contributed by atoms with van der Waals surface area (Å²) in [5, 5.41) is 0.427. The van der Waals surface area contributed by atoms with Gasteiger partial charge in [-0.05, 0) is 79.4 Å². The lowest BCUT2D eigenvalue weighted by molar-refractivity contribution is 0.0714. The summed E-state index contributed by atoms with van der Waals surface area (Å²) in [6, 6.07) is 14.2. The molecule has 2 heterocycles. The molecule has 0 spiro atoms. The molecule has 1 atom stereocenters. The maximum atomic E-state index is 13.8. The van der Waals surface area contributed by atoms with Crippen LogP contribution in [-0.4, -0.2) is 24.5 Å². The molecule has 0 saturated carbocycles. The van der Waals surface area contributed by atoms with Gasteiger partial charge in [-0.25, -0.2) is 4.39 Å². The molecule has 3 aromatic carbocycles. The molecule has 5 rings (SSSR count).